The summed E-state index contributed by atoms with van der Waals surface area (Å²) in [5, 5.41) is 2.02. The lowest BCUT2D eigenvalue weighted by Gasteiger charge is -2.50. The smallest absolute Gasteiger partial charge is 0.0453 e. The van der Waals surface area contributed by atoms with Crippen molar-refractivity contribution in [1.82, 2.24) is 10.4 Å². The molecule has 0 atom stereocenters. The molecule has 0 amide bonds. The van der Waals surface area contributed by atoms with E-state index >= 15 is 0 Å². The quantitative estimate of drug-likeness (QED) is 0.637. The van der Waals surface area contributed by atoms with Gasteiger partial charge in [0.25, 0.3) is 0 Å². The SMILES string of the molecule is CC(C)C1CC(CN)(NN(C)C)C1. The molecule has 0 aromatic rings. The number of nitrogens with two attached hydrogens (primary N) is 1. The van der Waals surface area contributed by atoms with Gasteiger partial charge in [0.05, 0.1) is 0 Å². The first-order chi connectivity index (χ1) is 5.99. The third kappa shape index (κ3) is 2.42. The number of rotatable bonds is 4. The molecule has 0 bridgehead atoms. The second-order valence-electron chi connectivity index (χ2n) is 4.90. The summed E-state index contributed by atoms with van der Waals surface area (Å²) in [5.41, 5.74) is 9.42. The molecular weight excluding hydrogens is 162 g/mol. The minimum absolute atomic E-state index is 0.193. The molecule has 0 heterocycles. The lowest BCUT2D eigenvalue weighted by atomic mass is 9.64. The van der Waals surface area contributed by atoms with Crippen LogP contribution in [0.3, 0.4) is 0 Å². The van der Waals surface area contributed by atoms with Gasteiger partial charge in [-0.1, -0.05) is 13.8 Å². The van der Waals surface area contributed by atoms with Gasteiger partial charge in [-0.3, -0.25) is 5.01 Å². The monoisotopic (exact) mass is 185 g/mol. The first-order valence-electron chi connectivity index (χ1n) is 5.14. The molecule has 3 N–H and O–H groups in total. The highest BCUT2D eigenvalue weighted by molar-refractivity contribution is 5.01. The maximum absolute atomic E-state index is 5.79. The van der Waals surface area contributed by atoms with E-state index < -0.39 is 0 Å². The topological polar surface area (TPSA) is 41.3 Å². The Labute approximate surface area is 81.6 Å². The van der Waals surface area contributed by atoms with Crippen LogP contribution in [0.1, 0.15) is 26.7 Å². The van der Waals surface area contributed by atoms with Crippen LogP contribution in [-0.2, 0) is 0 Å². The van der Waals surface area contributed by atoms with Crippen molar-refractivity contribution in [3.05, 3.63) is 0 Å². The molecule has 0 aromatic carbocycles. The Hall–Kier alpha value is -0.120. The minimum atomic E-state index is 0.193. The van der Waals surface area contributed by atoms with Crippen LogP contribution in [0.2, 0.25) is 0 Å². The summed E-state index contributed by atoms with van der Waals surface area (Å²) < 4.78 is 0. The largest absolute Gasteiger partial charge is 0.329 e. The van der Waals surface area contributed by atoms with Gasteiger partial charge in [-0.15, -0.1) is 0 Å². The lowest BCUT2D eigenvalue weighted by Crippen LogP contribution is -2.64. The summed E-state index contributed by atoms with van der Waals surface area (Å²) in [6.45, 7) is 5.33. The Kier molecular flexibility index (Phi) is 3.33. The van der Waals surface area contributed by atoms with E-state index in [0.717, 1.165) is 18.4 Å². The van der Waals surface area contributed by atoms with Crippen LogP contribution < -0.4 is 11.2 Å². The summed E-state index contributed by atoms with van der Waals surface area (Å²) >= 11 is 0. The van der Waals surface area contributed by atoms with E-state index in [0.29, 0.717) is 0 Å². The van der Waals surface area contributed by atoms with Crippen molar-refractivity contribution in [3.63, 3.8) is 0 Å². The van der Waals surface area contributed by atoms with E-state index in [2.05, 4.69) is 19.3 Å². The fourth-order valence-electron chi connectivity index (χ4n) is 2.19. The molecule has 0 saturated heterocycles. The van der Waals surface area contributed by atoms with Gasteiger partial charge in [-0.2, -0.15) is 0 Å². The number of hydrazine groups is 1. The Morgan fingerprint density at radius 3 is 2.31 bits per heavy atom. The van der Waals surface area contributed by atoms with Gasteiger partial charge in [-0.05, 0) is 24.7 Å². The van der Waals surface area contributed by atoms with Crippen molar-refractivity contribution in [2.24, 2.45) is 17.6 Å². The van der Waals surface area contributed by atoms with Gasteiger partial charge >= 0.3 is 0 Å². The van der Waals surface area contributed by atoms with E-state index in [1.54, 1.807) is 0 Å². The molecule has 0 aromatic heterocycles. The Morgan fingerprint density at radius 1 is 1.46 bits per heavy atom. The zero-order valence-corrected chi connectivity index (χ0v) is 9.30. The van der Waals surface area contributed by atoms with E-state index in [4.69, 9.17) is 5.73 Å². The molecule has 0 spiro atoms. The molecule has 0 unspecified atom stereocenters. The molecule has 0 radical (unpaired) electrons. The molecule has 3 heteroatoms. The highest BCUT2D eigenvalue weighted by Crippen LogP contribution is 2.41. The van der Waals surface area contributed by atoms with Crippen molar-refractivity contribution in [3.8, 4) is 0 Å². The van der Waals surface area contributed by atoms with E-state index in [1.807, 2.05) is 19.1 Å². The third-order valence-corrected chi connectivity index (χ3v) is 3.10. The van der Waals surface area contributed by atoms with Crippen LogP contribution in [-0.4, -0.2) is 31.2 Å². The summed E-state index contributed by atoms with van der Waals surface area (Å²) in [6.07, 6.45) is 2.44. The number of hydrogen-bond acceptors (Lipinski definition) is 3. The van der Waals surface area contributed by atoms with Crippen molar-refractivity contribution < 1.29 is 0 Å². The molecule has 1 saturated carbocycles. The average molecular weight is 185 g/mol. The van der Waals surface area contributed by atoms with E-state index in [9.17, 15) is 0 Å². The zero-order chi connectivity index (χ0) is 10.1. The predicted molar refractivity (Wildman–Crippen MR) is 56.2 cm³/mol. The normalized spacial score (nSPS) is 33.9. The Balaban J connectivity index is 2.40. The Bertz CT molecular complexity index is 160. The maximum atomic E-state index is 5.79. The molecule has 1 fully saturated rings. The predicted octanol–water partition coefficient (Wildman–Crippen LogP) is 0.816. The molecule has 1 rings (SSSR count). The van der Waals surface area contributed by atoms with Gasteiger partial charge in [0, 0.05) is 26.2 Å². The molecule has 1 aliphatic carbocycles. The van der Waals surface area contributed by atoms with Crippen LogP contribution in [0, 0.1) is 11.8 Å². The van der Waals surface area contributed by atoms with Crippen LogP contribution in [0.15, 0.2) is 0 Å². The van der Waals surface area contributed by atoms with Gasteiger partial charge < -0.3 is 5.73 Å². The fourth-order valence-corrected chi connectivity index (χ4v) is 2.19. The highest BCUT2D eigenvalue weighted by Gasteiger charge is 2.44. The molecular formula is C10H23N3. The summed E-state index contributed by atoms with van der Waals surface area (Å²) in [4.78, 5) is 0. The lowest BCUT2D eigenvalue weighted by molar-refractivity contribution is 0.0213. The third-order valence-electron chi connectivity index (χ3n) is 3.10. The zero-order valence-electron chi connectivity index (χ0n) is 9.30. The van der Waals surface area contributed by atoms with Crippen LogP contribution in [0.5, 0.6) is 0 Å². The van der Waals surface area contributed by atoms with Crippen molar-refractivity contribution in [2.75, 3.05) is 20.6 Å². The molecule has 78 valence electrons. The molecule has 13 heavy (non-hydrogen) atoms. The number of hydrogen-bond donors (Lipinski definition) is 2. The van der Waals surface area contributed by atoms with Crippen molar-refractivity contribution in [2.45, 2.75) is 32.2 Å². The minimum Gasteiger partial charge on any atom is -0.329 e. The van der Waals surface area contributed by atoms with E-state index in [1.165, 1.54) is 12.8 Å². The molecule has 3 nitrogen and oxygen atoms in total. The second kappa shape index (κ2) is 3.95. The maximum Gasteiger partial charge on any atom is 0.0453 e. The van der Waals surface area contributed by atoms with Crippen LogP contribution in [0.4, 0.5) is 0 Å². The number of nitrogens with zero attached hydrogens (tertiary/aromatic N) is 1. The molecule has 0 aliphatic heterocycles. The van der Waals surface area contributed by atoms with Gasteiger partial charge in [0.1, 0.15) is 0 Å². The Morgan fingerprint density at radius 2 is 2.00 bits per heavy atom. The van der Waals surface area contributed by atoms with Crippen molar-refractivity contribution >= 4 is 0 Å². The summed E-state index contributed by atoms with van der Waals surface area (Å²) in [5.74, 6) is 1.65. The second-order valence-corrected chi connectivity index (χ2v) is 4.90. The van der Waals surface area contributed by atoms with Gasteiger partial charge in [-0.25, -0.2) is 5.43 Å². The van der Waals surface area contributed by atoms with Crippen molar-refractivity contribution in [1.29, 1.82) is 0 Å². The van der Waals surface area contributed by atoms with Crippen LogP contribution >= 0.6 is 0 Å². The number of nitrogens with one attached hydrogen (secondary N) is 1. The van der Waals surface area contributed by atoms with Gasteiger partial charge in [0.15, 0.2) is 0 Å². The first kappa shape index (κ1) is 11.0. The summed E-state index contributed by atoms with van der Waals surface area (Å²) in [7, 11) is 4.06. The first-order valence-corrected chi connectivity index (χ1v) is 5.14. The van der Waals surface area contributed by atoms with Gasteiger partial charge in [0.2, 0.25) is 0 Å². The van der Waals surface area contributed by atoms with E-state index in [-0.39, 0.29) is 5.54 Å². The summed E-state index contributed by atoms with van der Waals surface area (Å²) in [6, 6.07) is 0. The highest BCUT2D eigenvalue weighted by atomic mass is 15.5. The van der Waals surface area contributed by atoms with Crippen LogP contribution in [0.25, 0.3) is 0 Å². The fraction of sp³-hybridized carbons (Fsp3) is 1.00. The molecule has 1 aliphatic rings. The standard InChI is InChI=1S/C10H23N3/c1-8(2)9-5-10(6-9,7-11)12-13(3)4/h8-9,12H,5-7,11H2,1-4H3. The average Bonchev–Trinajstić information content (AvgIpc) is 1.94.